The molecule has 5 rings (SSSR count). The number of aryl methyl sites for hydroxylation is 1. The largest absolute Gasteiger partial charge is 0.294 e. The fourth-order valence-electron chi connectivity index (χ4n) is 3.86. The highest BCUT2D eigenvalue weighted by Gasteiger charge is 2.32. The number of hydrogen-bond donors (Lipinski definition) is 0. The minimum absolute atomic E-state index is 0.105. The summed E-state index contributed by atoms with van der Waals surface area (Å²) in [5.41, 5.74) is 4.53. The Morgan fingerprint density at radius 1 is 1.15 bits per heavy atom. The third-order valence-corrected chi connectivity index (χ3v) is 6.34. The van der Waals surface area contributed by atoms with Crippen LogP contribution in [0.15, 0.2) is 48.5 Å². The summed E-state index contributed by atoms with van der Waals surface area (Å²) in [5.74, 6) is 0.249. The first-order valence-electron chi connectivity index (χ1n) is 8.83. The van der Waals surface area contributed by atoms with Crippen LogP contribution in [0.5, 0.6) is 0 Å². The number of nitrogens with zero attached hydrogens (tertiary/aromatic N) is 3. The number of carbonyl (C=O) groups excluding carboxylic acids is 1. The van der Waals surface area contributed by atoms with E-state index in [1.807, 2.05) is 54.1 Å². The number of benzene rings is 2. The molecule has 0 saturated carbocycles. The Labute approximate surface area is 165 Å². The van der Waals surface area contributed by atoms with Crippen LogP contribution in [-0.2, 0) is 6.42 Å². The summed E-state index contributed by atoms with van der Waals surface area (Å²) >= 11 is 7.76. The molecular weight excluding hydrogens is 378 g/mol. The zero-order valence-corrected chi connectivity index (χ0v) is 16.2. The Morgan fingerprint density at radius 3 is 2.81 bits per heavy atom. The molecule has 0 spiro atoms. The van der Waals surface area contributed by atoms with Gasteiger partial charge in [-0.05, 0) is 49.1 Å². The van der Waals surface area contributed by atoms with Crippen LogP contribution in [0.1, 0.15) is 39.6 Å². The zero-order valence-electron chi connectivity index (χ0n) is 14.6. The summed E-state index contributed by atoms with van der Waals surface area (Å²) in [6.07, 6.45) is 1.23. The molecule has 1 atom stereocenters. The number of para-hydroxylation sites is 1. The quantitative estimate of drug-likeness (QED) is 0.460. The van der Waals surface area contributed by atoms with Gasteiger partial charge in [-0.1, -0.05) is 47.2 Å². The van der Waals surface area contributed by atoms with Gasteiger partial charge in [-0.2, -0.15) is 5.10 Å². The number of Topliss-reactive ketones (excluding diaryl/α,β-unsaturated/α-hetero) is 1. The molecule has 4 aromatic rings. The third-order valence-electron chi connectivity index (χ3n) is 5.09. The molecule has 0 amide bonds. The van der Waals surface area contributed by atoms with Gasteiger partial charge in [-0.3, -0.25) is 4.79 Å². The maximum Gasteiger partial charge on any atom is 0.211 e. The van der Waals surface area contributed by atoms with E-state index in [-0.39, 0.29) is 11.7 Å². The van der Waals surface area contributed by atoms with Crippen LogP contribution in [0, 0.1) is 6.92 Å². The van der Waals surface area contributed by atoms with E-state index in [0.29, 0.717) is 11.4 Å². The van der Waals surface area contributed by atoms with E-state index in [0.717, 1.165) is 44.3 Å². The second kappa shape index (κ2) is 6.29. The second-order valence-electron chi connectivity index (χ2n) is 6.87. The van der Waals surface area contributed by atoms with Crippen LogP contribution in [-0.4, -0.2) is 20.5 Å². The lowest BCUT2D eigenvalue weighted by Gasteiger charge is -2.22. The molecule has 6 heteroatoms. The molecule has 2 aromatic carbocycles. The number of aromatic nitrogens is 3. The predicted octanol–water partition coefficient (Wildman–Crippen LogP) is 5.36. The zero-order chi connectivity index (χ0) is 18.5. The van der Waals surface area contributed by atoms with E-state index >= 15 is 0 Å². The van der Waals surface area contributed by atoms with Crippen molar-refractivity contribution in [3.05, 3.63) is 76.1 Å². The summed E-state index contributed by atoms with van der Waals surface area (Å²) in [7, 11) is 0. The van der Waals surface area contributed by atoms with Crippen molar-refractivity contribution in [2.75, 3.05) is 0 Å². The van der Waals surface area contributed by atoms with E-state index in [1.165, 1.54) is 0 Å². The number of fused-ring (bicyclic) bond motifs is 2. The lowest BCUT2D eigenvalue weighted by molar-refractivity contribution is 0.0963. The number of halogens is 1. The topological polar surface area (TPSA) is 47.8 Å². The van der Waals surface area contributed by atoms with Crippen LogP contribution in [0.2, 0.25) is 5.02 Å². The number of carbonyl (C=O) groups is 1. The smallest absolute Gasteiger partial charge is 0.211 e. The lowest BCUT2D eigenvalue weighted by Crippen LogP contribution is -2.20. The molecular formula is C21H16ClN3OS. The summed E-state index contributed by atoms with van der Waals surface area (Å²) in [4.78, 5) is 17.6. The SMILES string of the molecule is Cc1nn(-c2nc3ccccc3s2)c2c1C(=O)C[C@@H](c1cccc(Cl)c1)C2. The van der Waals surface area contributed by atoms with Gasteiger partial charge in [0.1, 0.15) is 0 Å². The molecule has 0 aliphatic heterocycles. The van der Waals surface area contributed by atoms with Crippen LogP contribution >= 0.6 is 22.9 Å². The summed E-state index contributed by atoms with van der Waals surface area (Å²) in [5, 5.41) is 6.17. The van der Waals surface area contributed by atoms with Crippen molar-refractivity contribution in [3.8, 4) is 5.13 Å². The Kier molecular flexibility index (Phi) is 3.88. The van der Waals surface area contributed by atoms with E-state index in [4.69, 9.17) is 16.6 Å². The highest BCUT2D eigenvalue weighted by molar-refractivity contribution is 7.20. The lowest BCUT2D eigenvalue weighted by atomic mass is 9.81. The Hall–Kier alpha value is -2.50. The molecule has 0 N–H and O–H groups in total. The minimum Gasteiger partial charge on any atom is -0.294 e. The van der Waals surface area contributed by atoms with E-state index in [2.05, 4.69) is 11.2 Å². The van der Waals surface area contributed by atoms with Crippen molar-refractivity contribution >= 4 is 38.9 Å². The fraction of sp³-hybridized carbons (Fsp3) is 0.190. The first-order chi connectivity index (χ1) is 13.1. The van der Waals surface area contributed by atoms with Crippen molar-refractivity contribution < 1.29 is 4.79 Å². The average Bonchev–Trinajstić information content (AvgIpc) is 3.23. The first-order valence-corrected chi connectivity index (χ1v) is 10.0. The van der Waals surface area contributed by atoms with Gasteiger partial charge in [0.15, 0.2) is 5.78 Å². The highest BCUT2D eigenvalue weighted by Crippen LogP contribution is 2.37. The van der Waals surface area contributed by atoms with Crippen molar-refractivity contribution in [2.24, 2.45) is 0 Å². The summed E-state index contributed by atoms with van der Waals surface area (Å²) in [6, 6.07) is 15.8. The van der Waals surface area contributed by atoms with Crippen molar-refractivity contribution in [3.63, 3.8) is 0 Å². The summed E-state index contributed by atoms with van der Waals surface area (Å²) < 4.78 is 2.98. The standard InChI is InChI=1S/C21H16ClN3OS/c1-12-20-17(10-14(11-18(20)26)13-5-4-6-15(22)9-13)25(24-12)21-23-16-7-2-3-8-19(16)27-21/h2-9,14H,10-11H2,1H3/t14-/m0/s1. The fourth-order valence-corrected chi connectivity index (χ4v) is 5.00. The van der Waals surface area contributed by atoms with Gasteiger partial charge in [0.2, 0.25) is 5.13 Å². The van der Waals surface area contributed by atoms with Gasteiger partial charge in [0.25, 0.3) is 0 Å². The second-order valence-corrected chi connectivity index (χ2v) is 8.31. The minimum atomic E-state index is 0.105. The van der Waals surface area contributed by atoms with Gasteiger partial charge in [0.05, 0.1) is 27.2 Å². The average molecular weight is 394 g/mol. The van der Waals surface area contributed by atoms with Crippen LogP contribution in [0.3, 0.4) is 0 Å². The van der Waals surface area contributed by atoms with Crippen molar-refractivity contribution in [2.45, 2.75) is 25.7 Å². The van der Waals surface area contributed by atoms with Gasteiger partial charge < -0.3 is 0 Å². The molecule has 4 nitrogen and oxygen atoms in total. The highest BCUT2D eigenvalue weighted by atomic mass is 35.5. The van der Waals surface area contributed by atoms with Crippen molar-refractivity contribution in [1.29, 1.82) is 0 Å². The van der Waals surface area contributed by atoms with Crippen LogP contribution in [0.25, 0.3) is 15.3 Å². The van der Waals surface area contributed by atoms with E-state index in [1.54, 1.807) is 11.3 Å². The molecule has 0 unspecified atom stereocenters. The molecule has 27 heavy (non-hydrogen) atoms. The molecule has 0 bridgehead atoms. The van der Waals surface area contributed by atoms with E-state index in [9.17, 15) is 4.79 Å². The number of rotatable bonds is 2. The molecule has 0 fully saturated rings. The monoisotopic (exact) mass is 393 g/mol. The van der Waals surface area contributed by atoms with Gasteiger partial charge in [-0.15, -0.1) is 0 Å². The number of ketones is 1. The summed E-state index contributed by atoms with van der Waals surface area (Å²) in [6.45, 7) is 1.90. The molecule has 2 aromatic heterocycles. The normalized spacial score (nSPS) is 16.7. The van der Waals surface area contributed by atoms with Gasteiger partial charge in [-0.25, -0.2) is 9.67 Å². The first kappa shape index (κ1) is 16.7. The Bertz CT molecular complexity index is 1160. The number of hydrogen-bond acceptors (Lipinski definition) is 4. The Morgan fingerprint density at radius 2 is 2.00 bits per heavy atom. The molecule has 1 aliphatic carbocycles. The molecule has 0 radical (unpaired) electrons. The predicted molar refractivity (Wildman–Crippen MR) is 108 cm³/mol. The van der Waals surface area contributed by atoms with Crippen LogP contribution < -0.4 is 0 Å². The molecule has 0 saturated heterocycles. The van der Waals surface area contributed by atoms with Gasteiger partial charge >= 0.3 is 0 Å². The third kappa shape index (κ3) is 2.78. The van der Waals surface area contributed by atoms with Crippen molar-refractivity contribution in [1.82, 2.24) is 14.8 Å². The molecule has 134 valence electrons. The van der Waals surface area contributed by atoms with Crippen LogP contribution in [0.4, 0.5) is 0 Å². The van der Waals surface area contributed by atoms with Gasteiger partial charge in [0, 0.05) is 11.4 Å². The Balaban J connectivity index is 1.62. The maximum atomic E-state index is 12.9. The van der Waals surface area contributed by atoms with E-state index < -0.39 is 0 Å². The number of thiazole rings is 1. The molecule has 2 heterocycles. The maximum absolute atomic E-state index is 12.9. The molecule has 1 aliphatic rings.